The van der Waals surface area contributed by atoms with E-state index in [-0.39, 0.29) is 23.2 Å². The first-order valence-electron chi connectivity index (χ1n) is 14.1. The average Bonchev–Trinajstić information content (AvgIpc) is 3.68. The Morgan fingerprint density at radius 3 is 2.39 bits per heavy atom. The molecule has 0 spiro atoms. The number of likely N-dealkylation sites (tertiary alicyclic amines) is 2. The number of carbonyl (C=O) groups excluding carboxylic acids is 1. The molecule has 1 atom stereocenters. The molecular formula is C33H31F2N5O. The molecule has 8 heteroatoms. The summed E-state index contributed by atoms with van der Waals surface area (Å²) in [6, 6.07) is 23.1. The van der Waals surface area contributed by atoms with Crippen LogP contribution in [-0.2, 0) is 6.54 Å². The summed E-state index contributed by atoms with van der Waals surface area (Å²) in [7, 11) is 0. The number of halogens is 2. The highest BCUT2D eigenvalue weighted by Crippen LogP contribution is 2.35. The van der Waals surface area contributed by atoms with Crippen LogP contribution in [-0.4, -0.2) is 51.7 Å². The van der Waals surface area contributed by atoms with E-state index in [9.17, 15) is 18.8 Å². The summed E-state index contributed by atoms with van der Waals surface area (Å²) < 4.78 is 29.3. The van der Waals surface area contributed by atoms with Gasteiger partial charge in [0, 0.05) is 31.5 Å². The molecule has 0 saturated carbocycles. The Morgan fingerprint density at radius 2 is 1.66 bits per heavy atom. The second kappa shape index (κ2) is 11.6. The molecule has 1 unspecified atom stereocenters. The minimum Gasteiger partial charge on any atom is -0.338 e. The van der Waals surface area contributed by atoms with Gasteiger partial charge in [-0.3, -0.25) is 9.69 Å². The summed E-state index contributed by atoms with van der Waals surface area (Å²) in [5, 5.41) is 13.8. The highest BCUT2D eigenvalue weighted by atomic mass is 19.1. The van der Waals surface area contributed by atoms with E-state index in [2.05, 4.69) is 22.1 Å². The molecule has 0 N–H and O–H groups in total. The van der Waals surface area contributed by atoms with Gasteiger partial charge in [-0.1, -0.05) is 36.4 Å². The fourth-order valence-electron chi connectivity index (χ4n) is 6.20. The van der Waals surface area contributed by atoms with E-state index in [0.29, 0.717) is 31.1 Å². The normalized spacial score (nSPS) is 18.0. The highest BCUT2D eigenvalue weighted by molar-refractivity contribution is 5.95. The van der Waals surface area contributed by atoms with E-state index in [1.165, 1.54) is 23.8 Å². The fraction of sp³-hybridized carbons (Fsp3) is 0.303. The van der Waals surface area contributed by atoms with Crippen molar-refractivity contribution in [1.29, 1.82) is 5.26 Å². The van der Waals surface area contributed by atoms with E-state index in [4.69, 9.17) is 0 Å². The summed E-state index contributed by atoms with van der Waals surface area (Å²) in [6.07, 6.45) is 4.22. The number of amides is 1. The Morgan fingerprint density at radius 1 is 0.927 bits per heavy atom. The molecule has 3 heterocycles. The van der Waals surface area contributed by atoms with Crippen molar-refractivity contribution in [3.05, 3.63) is 119 Å². The maximum absolute atomic E-state index is 13.9. The summed E-state index contributed by atoms with van der Waals surface area (Å²) in [6.45, 7) is 3.56. The van der Waals surface area contributed by atoms with E-state index in [0.717, 1.165) is 49.3 Å². The summed E-state index contributed by atoms with van der Waals surface area (Å²) in [5.41, 5.74) is 4.41. The lowest BCUT2D eigenvalue weighted by Gasteiger charge is -2.33. The molecule has 2 aliphatic heterocycles. The topological polar surface area (TPSA) is 65.2 Å². The van der Waals surface area contributed by atoms with Crippen molar-refractivity contribution >= 4 is 5.91 Å². The molecule has 6 rings (SSSR count). The van der Waals surface area contributed by atoms with E-state index in [1.54, 1.807) is 35.1 Å². The van der Waals surface area contributed by atoms with Crippen molar-refractivity contribution in [3.63, 3.8) is 0 Å². The standard InChI is InChI=1S/C33H31F2N5O/c34-28-7-9-29(10-8-28)40-32(25-12-15-38(16-13-25)21-23-6-11-31(35)27(18-23)19-36)30(20-37-40)33(41)39-17-14-26(22-39)24-4-2-1-3-5-24/h1-11,18,20,25-26H,12-17,21-22H2. The number of hydrogen-bond acceptors (Lipinski definition) is 4. The van der Waals surface area contributed by atoms with E-state index in [1.807, 2.05) is 29.2 Å². The number of hydrogen-bond donors (Lipinski definition) is 0. The van der Waals surface area contributed by atoms with Gasteiger partial charge in [0.05, 0.1) is 28.7 Å². The molecule has 1 amide bonds. The maximum atomic E-state index is 13.9. The van der Waals surface area contributed by atoms with Gasteiger partial charge in [0.15, 0.2) is 0 Å². The molecule has 208 valence electrons. The summed E-state index contributed by atoms with van der Waals surface area (Å²) in [4.78, 5) is 18.1. The van der Waals surface area contributed by atoms with Crippen LogP contribution in [0.1, 0.15) is 63.8 Å². The Bertz CT molecular complexity index is 1570. The third kappa shape index (κ3) is 5.63. The first-order chi connectivity index (χ1) is 20.0. The molecule has 2 aliphatic rings. The van der Waals surface area contributed by atoms with Gasteiger partial charge in [-0.15, -0.1) is 0 Å². The Balaban J connectivity index is 1.23. The average molecular weight is 552 g/mol. The molecule has 6 nitrogen and oxygen atoms in total. The lowest BCUT2D eigenvalue weighted by molar-refractivity contribution is 0.0788. The van der Waals surface area contributed by atoms with Gasteiger partial charge in [0.1, 0.15) is 17.7 Å². The van der Waals surface area contributed by atoms with Crippen molar-refractivity contribution < 1.29 is 13.6 Å². The number of carbonyl (C=O) groups is 1. The SMILES string of the molecule is N#Cc1cc(CN2CCC(c3c(C(=O)N4CCC(c5ccccc5)C4)cnn3-c3ccc(F)cc3)CC2)ccc1F. The second-order valence-corrected chi connectivity index (χ2v) is 11.0. The van der Waals surface area contributed by atoms with Crippen molar-refractivity contribution in [3.8, 4) is 11.8 Å². The van der Waals surface area contributed by atoms with Crippen LogP contribution in [0.2, 0.25) is 0 Å². The zero-order valence-electron chi connectivity index (χ0n) is 22.7. The third-order valence-electron chi connectivity index (χ3n) is 8.39. The molecule has 2 fully saturated rings. The molecule has 1 aromatic heterocycles. The summed E-state index contributed by atoms with van der Waals surface area (Å²) in [5.74, 6) is -0.435. The third-order valence-corrected chi connectivity index (χ3v) is 8.39. The number of rotatable bonds is 6. The number of piperidine rings is 1. The van der Waals surface area contributed by atoms with Crippen LogP contribution in [0, 0.1) is 23.0 Å². The Kier molecular flexibility index (Phi) is 7.62. The molecular weight excluding hydrogens is 520 g/mol. The molecule has 0 radical (unpaired) electrons. The highest BCUT2D eigenvalue weighted by Gasteiger charge is 2.34. The lowest BCUT2D eigenvalue weighted by atomic mass is 9.90. The second-order valence-electron chi connectivity index (χ2n) is 11.0. The lowest BCUT2D eigenvalue weighted by Crippen LogP contribution is -2.34. The van der Waals surface area contributed by atoms with Crippen molar-refractivity contribution in [2.75, 3.05) is 26.2 Å². The number of benzene rings is 3. The Labute approximate surface area is 238 Å². The predicted molar refractivity (Wildman–Crippen MR) is 152 cm³/mol. The maximum Gasteiger partial charge on any atom is 0.257 e. The fourth-order valence-corrected chi connectivity index (χ4v) is 6.20. The van der Waals surface area contributed by atoms with Crippen molar-refractivity contribution in [2.45, 2.75) is 37.6 Å². The van der Waals surface area contributed by atoms with Gasteiger partial charge in [0.25, 0.3) is 5.91 Å². The molecule has 0 bridgehead atoms. The van der Waals surface area contributed by atoms with Crippen molar-refractivity contribution in [1.82, 2.24) is 19.6 Å². The van der Waals surface area contributed by atoms with Crippen LogP contribution >= 0.6 is 0 Å². The molecule has 3 aromatic carbocycles. The van der Waals surface area contributed by atoms with Crippen LogP contribution in [0.4, 0.5) is 8.78 Å². The zero-order chi connectivity index (χ0) is 28.3. The summed E-state index contributed by atoms with van der Waals surface area (Å²) >= 11 is 0. The smallest absolute Gasteiger partial charge is 0.257 e. The van der Waals surface area contributed by atoms with Crippen LogP contribution in [0.25, 0.3) is 5.69 Å². The zero-order valence-corrected chi connectivity index (χ0v) is 22.7. The van der Waals surface area contributed by atoms with Gasteiger partial charge in [-0.2, -0.15) is 10.4 Å². The van der Waals surface area contributed by atoms with Crippen LogP contribution < -0.4 is 0 Å². The van der Waals surface area contributed by atoms with E-state index < -0.39 is 5.82 Å². The van der Waals surface area contributed by atoms with Gasteiger partial charge < -0.3 is 4.90 Å². The van der Waals surface area contributed by atoms with E-state index >= 15 is 0 Å². The van der Waals surface area contributed by atoms with Gasteiger partial charge >= 0.3 is 0 Å². The number of nitriles is 1. The van der Waals surface area contributed by atoms with Crippen LogP contribution in [0.3, 0.4) is 0 Å². The Hall–Kier alpha value is -4.35. The van der Waals surface area contributed by atoms with Crippen molar-refractivity contribution in [2.24, 2.45) is 0 Å². The van der Waals surface area contributed by atoms with Gasteiger partial charge in [0.2, 0.25) is 0 Å². The number of aromatic nitrogens is 2. The van der Waals surface area contributed by atoms with Crippen LogP contribution in [0.15, 0.2) is 79.0 Å². The molecule has 41 heavy (non-hydrogen) atoms. The number of nitrogens with zero attached hydrogens (tertiary/aromatic N) is 5. The molecule has 0 aliphatic carbocycles. The first-order valence-corrected chi connectivity index (χ1v) is 14.1. The minimum absolute atomic E-state index is 0.00966. The monoisotopic (exact) mass is 551 g/mol. The molecule has 4 aromatic rings. The predicted octanol–water partition coefficient (Wildman–Crippen LogP) is 6.03. The quantitative estimate of drug-likeness (QED) is 0.294. The minimum atomic E-state index is -0.505. The molecule has 2 saturated heterocycles. The van der Waals surface area contributed by atoms with Gasteiger partial charge in [-0.05, 0) is 79.9 Å². The first kappa shape index (κ1) is 26.9. The van der Waals surface area contributed by atoms with Gasteiger partial charge in [-0.25, -0.2) is 13.5 Å². The largest absolute Gasteiger partial charge is 0.338 e. The van der Waals surface area contributed by atoms with Crippen LogP contribution in [0.5, 0.6) is 0 Å².